The van der Waals surface area contributed by atoms with Gasteiger partial charge < -0.3 is 29.0 Å². The Kier molecular flexibility index (Phi) is 8.16. The van der Waals surface area contributed by atoms with Crippen molar-refractivity contribution >= 4 is 12.0 Å². The molecule has 34 heavy (non-hydrogen) atoms. The van der Waals surface area contributed by atoms with E-state index in [1.165, 1.54) is 0 Å². The summed E-state index contributed by atoms with van der Waals surface area (Å²) in [4.78, 5) is 29.8. The van der Waals surface area contributed by atoms with E-state index in [0.29, 0.717) is 31.2 Å². The molecule has 3 saturated heterocycles. The van der Waals surface area contributed by atoms with Crippen LogP contribution in [0.2, 0.25) is 0 Å². The van der Waals surface area contributed by atoms with E-state index < -0.39 is 5.60 Å². The molecule has 3 aliphatic rings. The SMILES string of the molecule is CC(C)(C)OC(=O)N1CCC(n2cccc2C(=O)NCC(C2CCOC2)N2CCOCC2)CC1. The van der Waals surface area contributed by atoms with Gasteiger partial charge in [0, 0.05) is 63.5 Å². The summed E-state index contributed by atoms with van der Waals surface area (Å²) in [7, 11) is 0. The molecule has 3 fully saturated rings. The molecule has 190 valence electrons. The first-order valence-corrected chi connectivity index (χ1v) is 12.6. The number of amides is 2. The van der Waals surface area contributed by atoms with E-state index in [4.69, 9.17) is 14.2 Å². The van der Waals surface area contributed by atoms with Gasteiger partial charge in [-0.3, -0.25) is 9.69 Å². The van der Waals surface area contributed by atoms with Crippen molar-refractivity contribution in [1.29, 1.82) is 0 Å². The van der Waals surface area contributed by atoms with Crippen LogP contribution in [0.3, 0.4) is 0 Å². The van der Waals surface area contributed by atoms with Crippen LogP contribution in [0.15, 0.2) is 18.3 Å². The Bertz CT molecular complexity index is 816. The molecular formula is C25H40N4O5. The molecule has 4 rings (SSSR count). The minimum Gasteiger partial charge on any atom is -0.444 e. The van der Waals surface area contributed by atoms with E-state index in [-0.39, 0.29) is 24.1 Å². The summed E-state index contributed by atoms with van der Waals surface area (Å²) in [5.74, 6) is 0.388. The number of likely N-dealkylation sites (tertiary alicyclic amines) is 1. The monoisotopic (exact) mass is 476 g/mol. The predicted octanol–water partition coefficient (Wildman–Crippen LogP) is 2.53. The van der Waals surface area contributed by atoms with Gasteiger partial charge in [-0.2, -0.15) is 0 Å². The van der Waals surface area contributed by atoms with Crippen molar-refractivity contribution in [1.82, 2.24) is 19.7 Å². The van der Waals surface area contributed by atoms with Crippen LogP contribution in [0, 0.1) is 5.92 Å². The highest BCUT2D eigenvalue weighted by atomic mass is 16.6. The molecule has 0 radical (unpaired) electrons. The second-order valence-electron chi connectivity index (χ2n) is 10.5. The van der Waals surface area contributed by atoms with Crippen LogP contribution in [0.4, 0.5) is 4.79 Å². The Morgan fingerprint density at radius 2 is 1.82 bits per heavy atom. The van der Waals surface area contributed by atoms with Gasteiger partial charge in [0.2, 0.25) is 0 Å². The van der Waals surface area contributed by atoms with Crippen LogP contribution in [0.5, 0.6) is 0 Å². The molecule has 0 aliphatic carbocycles. The summed E-state index contributed by atoms with van der Waals surface area (Å²) in [6.07, 6.45) is 4.34. The Balaban J connectivity index is 1.33. The van der Waals surface area contributed by atoms with E-state index in [1.54, 1.807) is 4.90 Å². The summed E-state index contributed by atoms with van der Waals surface area (Å²) >= 11 is 0. The van der Waals surface area contributed by atoms with Gasteiger partial charge in [0.25, 0.3) is 5.91 Å². The fourth-order valence-corrected chi connectivity index (χ4v) is 5.20. The third-order valence-corrected chi connectivity index (χ3v) is 7.02. The Labute approximate surface area is 202 Å². The minimum absolute atomic E-state index is 0.0447. The summed E-state index contributed by atoms with van der Waals surface area (Å²) in [6.45, 7) is 12.3. The van der Waals surface area contributed by atoms with Crippen molar-refractivity contribution in [3.05, 3.63) is 24.0 Å². The number of ether oxygens (including phenoxy) is 3. The van der Waals surface area contributed by atoms with Crippen molar-refractivity contribution in [2.24, 2.45) is 5.92 Å². The third-order valence-electron chi connectivity index (χ3n) is 7.02. The molecule has 9 nitrogen and oxygen atoms in total. The molecule has 0 saturated carbocycles. The molecule has 3 aliphatic heterocycles. The van der Waals surface area contributed by atoms with Crippen LogP contribution >= 0.6 is 0 Å². The maximum atomic E-state index is 13.2. The Morgan fingerprint density at radius 3 is 2.47 bits per heavy atom. The van der Waals surface area contributed by atoms with Crippen molar-refractivity contribution in [3.63, 3.8) is 0 Å². The zero-order chi connectivity index (χ0) is 24.1. The summed E-state index contributed by atoms with van der Waals surface area (Å²) in [5.41, 5.74) is 0.183. The highest BCUT2D eigenvalue weighted by Gasteiger charge is 2.33. The van der Waals surface area contributed by atoms with Crippen molar-refractivity contribution in [3.8, 4) is 0 Å². The van der Waals surface area contributed by atoms with E-state index in [9.17, 15) is 9.59 Å². The average Bonchev–Trinajstić information content (AvgIpc) is 3.51. The standard InChI is InChI=1S/C25H40N4O5/c1-25(2,3)34-24(31)28-10-6-20(7-11-28)29-9-4-5-21(29)23(30)26-17-22(19-8-14-33-18-19)27-12-15-32-16-13-27/h4-5,9,19-20,22H,6-8,10-18H2,1-3H3,(H,26,30). The molecule has 4 heterocycles. The first-order chi connectivity index (χ1) is 16.3. The summed E-state index contributed by atoms with van der Waals surface area (Å²) < 4.78 is 18.8. The van der Waals surface area contributed by atoms with E-state index in [0.717, 1.165) is 58.8 Å². The molecular weight excluding hydrogens is 436 g/mol. The van der Waals surface area contributed by atoms with Gasteiger partial charge in [-0.15, -0.1) is 0 Å². The predicted molar refractivity (Wildman–Crippen MR) is 128 cm³/mol. The molecule has 2 atom stereocenters. The lowest BCUT2D eigenvalue weighted by atomic mass is 9.97. The maximum Gasteiger partial charge on any atom is 0.410 e. The zero-order valence-electron chi connectivity index (χ0n) is 20.8. The normalized spacial score (nSPS) is 23.6. The third kappa shape index (κ3) is 6.31. The average molecular weight is 477 g/mol. The van der Waals surface area contributed by atoms with Crippen molar-refractivity contribution in [2.45, 2.75) is 57.7 Å². The van der Waals surface area contributed by atoms with Gasteiger partial charge in [0.15, 0.2) is 0 Å². The molecule has 2 unspecified atom stereocenters. The molecule has 0 aromatic carbocycles. The van der Waals surface area contributed by atoms with Crippen LogP contribution in [0.25, 0.3) is 0 Å². The van der Waals surface area contributed by atoms with Gasteiger partial charge >= 0.3 is 6.09 Å². The van der Waals surface area contributed by atoms with Crippen LogP contribution in [-0.2, 0) is 14.2 Å². The molecule has 1 N–H and O–H groups in total. The van der Waals surface area contributed by atoms with Gasteiger partial charge in [0.05, 0.1) is 19.8 Å². The Hall–Kier alpha value is -2.10. The number of morpholine rings is 1. The maximum absolute atomic E-state index is 13.2. The van der Waals surface area contributed by atoms with Gasteiger partial charge in [0.1, 0.15) is 11.3 Å². The van der Waals surface area contributed by atoms with E-state index >= 15 is 0 Å². The lowest BCUT2D eigenvalue weighted by Gasteiger charge is -2.37. The highest BCUT2D eigenvalue weighted by molar-refractivity contribution is 5.92. The number of carbonyl (C=O) groups excluding carboxylic acids is 2. The second-order valence-corrected chi connectivity index (χ2v) is 10.5. The number of nitrogens with one attached hydrogen (secondary N) is 1. The lowest BCUT2D eigenvalue weighted by molar-refractivity contribution is 0.00161. The van der Waals surface area contributed by atoms with Crippen molar-refractivity contribution in [2.75, 3.05) is 59.2 Å². The van der Waals surface area contributed by atoms with Crippen LogP contribution in [0.1, 0.15) is 56.6 Å². The number of hydrogen-bond donors (Lipinski definition) is 1. The highest BCUT2D eigenvalue weighted by Crippen LogP contribution is 2.26. The summed E-state index contributed by atoms with van der Waals surface area (Å²) in [6, 6.07) is 4.26. The second kappa shape index (κ2) is 11.1. The molecule has 9 heteroatoms. The largest absolute Gasteiger partial charge is 0.444 e. The number of rotatable bonds is 6. The summed E-state index contributed by atoms with van der Waals surface area (Å²) in [5, 5.41) is 3.21. The van der Waals surface area contributed by atoms with Gasteiger partial charge in [-0.25, -0.2) is 4.79 Å². The van der Waals surface area contributed by atoms with Gasteiger partial charge in [-0.05, 0) is 52.2 Å². The number of aromatic nitrogens is 1. The smallest absolute Gasteiger partial charge is 0.410 e. The van der Waals surface area contributed by atoms with Gasteiger partial charge in [-0.1, -0.05) is 0 Å². The topological polar surface area (TPSA) is 85.3 Å². The lowest BCUT2D eigenvalue weighted by Crippen LogP contribution is -2.52. The number of hydrogen-bond acceptors (Lipinski definition) is 6. The molecule has 1 aromatic heterocycles. The first kappa shape index (κ1) is 25.0. The fourth-order valence-electron chi connectivity index (χ4n) is 5.20. The molecule has 0 bridgehead atoms. The first-order valence-electron chi connectivity index (χ1n) is 12.6. The van der Waals surface area contributed by atoms with E-state index in [2.05, 4.69) is 14.8 Å². The molecule has 2 amide bonds. The quantitative estimate of drug-likeness (QED) is 0.679. The number of nitrogens with zero attached hydrogens (tertiary/aromatic N) is 3. The zero-order valence-corrected chi connectivity index (χ0v) is 20.8. The number of carbonyl (C=O) groups is 2. The van der Waals surface area contributed by atoms with Crippen LogP contribution < -0.4 is 5.32 Å². The Morgan fingerprint density at radius 1 is 1.09 bits per heavy atom. The fraction of sp³-hybridized carbons (Fsp3) is 0.760. The molecule has 0 spiro atoms. The van der Waals surface area contributed by atoms with E-state index in [1.807, 2.05) is 39.1 Å². The van der Waals surface area contributed by atoms with Crippen molar-refractivity contribution < 1.29 is 23.8 Å². The van der Waals surface area contributed by atoms with Crippen LogP contribution in [-0.4, -0.2) is 97.2 Å². The number of piperidine rings is 1. The minimum atomic E-state index is -0.497. The molecule has 1 aromatic rings.